The summed E-state index contributed by atoms with van der Waals surface area (Å²) in [4.78, 5) is 2.36. The van der Waals surface area contributed by atoms with Crippen molar-refractivity contribution >= 4 is 34.9 Å². The van der Waals surface area contributed by atoms with Gasteiger partial charge in [0.25, 0.3) is 0 Å². The molecular weight excluding hydrogens is 340 g/mol. The number of anilines is 2. The third-order valence-electron chi connectivity index (χ3n) is 4.13. The number of benzene rings is 2. The van der Waals surface area contributed by atoms with Crippen molar-refractivity contribution in [3.63, 3.8) is 0 Å². The SMILES string of the molecule is CCCN(CC)c1ccc(C=NNC(=S)Nc2ccc(CC)cc2)cc1. The minimum atomic E-state index is 0.474. The van der Waals surface area contributed by atoms with E-state index in [-0.39, 0.29) is 0 Å². The number of nitrogens with one attached hydrogen (secondary N) is 2. The molecule has 2 rings (SSSR count). The Morgan fingerprint density at radius 3 is 2.31 bits per heavy atom. The van der Waals surface area contributed by atoms with Crippen molar-refractivity contribution in [2.24, 2.45) is 5.10 Å². The van der Waals surface area contributed by atoms with Crippen molar-refractivity contribution in [1.82, 2.24) is 5.43 Å². The lowest BCUT2D eigenvalue weighted by atomic mass is 10.1. The van der Waals surface area contributed by atoms with Gasteiger partial charge in [0.05, 0.1) is 6.21 Å². The van der Waals surface area contributed by atoms with Gasteiger partial charge in [0.2, 0.25) is 0 Å². The summed E-state index contributed by atoms with van der Waals surface area (Å²) in [6.07, 6.45) is 3.95. The molecule has 0 spiro atoms. The number of hydrazone groups is 1. The van der Waals surface area contributed by atoms with Gasteiger partial charge in [-0.3, -0.25) is 5.43 Å². The smallest absolute Gasteiger partial charge is 0.191 e. The number of rotatable bonds is 8. The zero-order chi connectivity index (χ0) is 18.8. The Hall–Kier alpha value is -2.40. The highest BCUT2D eigenvalue weighted by Crippen LogP contribution is 2.15. The van der Waals surface area contributed by atoms with Crippen LogP contribution in [0.25, 0.3) is 0 Å². The van der Waals surface area contributed by atoms with Crippen molar-refractivity contribution in [3.05, 3.63) is 59.7 Å². The predicted molar refractivity (Wildman–Crippen MR) is 117 cm³/mol. The number of thiocarbonyl (C=S) groups is 1. The number of nitrogens with zero attached hydrogens (tertiary/aromatic N) is 2. The summed E-state index contributed by atoms with van der Waals surface area (Å²) in [7, 11) is 0. The number of hydrogen-bond donors (Lipinski definition) is 2. The van der Waals surface area contributed by atoms with E-state index in [4.69, 9.17) is 12.2 Å². The van der Waals surface area contributed by atoms with Gasteiger partial charge in [0.15, 0.2) is 5.11 Å². The maximum atomic E-state index is 5.27. The lowest BCUT2D eigenvalue weighted by molar-refractivity contribution is 0.792. The second-order valence-electron chi connectivity index (χ2n) is 6.05. The van der Waals surface area contributed by atoms with Crippen LogP contribution >= 0.6 is 12.2 Å². The highest BCUT2D eigenvalue weighted by atomic mass is 32.1. The molecule has 138 valence electrons. The molecule has 26 heavy (non-hydrogen) atoms. The molecule has 0 radical (unpaired) electrons. The second-order valence-corrected chi connectivity index (χ2v) is 6.45. The largest absolute Gasteiger partial charge is 0.372 e. The maximum absolute atomic E-state index is 5.27. The normalized spacial score (nSPS) is 10.7. The fourth-order valence-electron chi connectivity index (χ4n) is 2.66. The minimum Gasteiger partial charge on any atom is -0.372 e. The highest BCUT2D eigenvalue weighted by Gasteiger charge is 2.02. The Balaban J connectivity index is 1.85. The van der Waals surface area contributed by atoms with E-state index in [0.717, 1.165) is 37.2 Å². The van der Waals surface area contributed by atoms with E-state index < -0.39 is 0 Å². The van der Waals surface area contributed by atoms with E-state index in [1.54, 1.807) is 6.21 Å². The molecule has 0 aromatic heterocycles. The zero-order valence-electron chi connectivity index (χ0n) is 15.8. The van der Waals surface area contributed by atoms with Gasteiger partial charge in [-0.05, 0) is 67.4 Å². The van der Waals surface area contributed by atoms with E-state index >= 15 is 0 Å². The van der Waals surface area contributed by atoms with Crippen LogP contribution in [0.3, 0.4) is 0 Å². The van der Waals surface area contributed by atoms with Crippen LogP contribution in [0.1, 0.15) is 38.3 Å². The first-order valence-electron chi connectivity index (χ1n) is 9.20. The van der Waals surface area contributed by atoms with Gasteiger partial charge in [0, 0.05) is 24.5 Å². The Kier molecular flexibility index (Phi) is 8.09. The van der Waals surface area contributed by atoms with Gasteiger partial charge in [-0.15, -0.1) is 0 Å². The molecule has 0 amide bonds. The van der Waals surface area contributed by atoms with Crippen LogP contribution in [0, 0.1) is 0 Å². The lowest BCUT2D eigenvalue weighted by Gasteiger charge is -2.22. The molecule has 0 bridgehead atoms. The van der Waals surface area contributed by atoms with Gasteiger partial charge in [-0.25, -0.2) is 0 Å². The number of aryl methyl sites for hydroxylation is 1. The van der Waals surface area contributed by atoms with E-state index in [9.17, 15) is 0 Å². The van der Waals surface area contributed by atoms with Crippen LogP contribution in [-0.2, 0) is 6.42 Å². The molecule has 0 unspecified atom stereocenters. The molecule has 2 aromatic carbocycles. The summed E-state index contributed by atoms with van der Waals surface area (Å²) < 4.78 is 0. The predicted octanol–water partition coefficient (Wildman–Crippen LogP) is 4.81. The molecule has 0 aliphatic rings. The van der Waals surface area contributed by atoms with E-state index in [0.29, 0.717) is 5.11 Å². The minimum absolute atomic E-state index is 0.474. The first-order valence-corrected chi connectivity index (χ1v) is 9.61. The van der Waals surface area contributed by atoms with Gasteiger partial charge >= 0.3 is 0 Å². The van der Waals surface area contributed by atoms with Crippen molar-refractivity contribution in [1.29, 1.82) is 0 Å². The van der Waals surface area contributed by atoms with Gasteiger partial charge < -0.3 is 10.2 Å². The Bertz CT molecular complexity index is 708. The third kappa shape index (κ3) is 6.15. The maximum Gasteiger partial charge on any atom is 0.191 e. The summed E-state index contributed by atoms with van der Waals surface area (Å²) in [6.45, 7) is 8.61. The van der Waals surface area contributed by atoms with Crippen LogP contribution in [0.15, 0.2) is 53.6 Å². The summed E-state index contributed by atoms with van der Waals surface area (Å²) in [5.74, 6) is 0. The molecule has 4 nitrogen and oxygen atoms in total. The number of hydrogen-bond acceptors (Lipinski definition) is 3. The van der Waals surface area contributed by atoms with Gasteiger partial charge in [-0.2, -0.15) is 5.10 Å². The Morgan fingerprint density at radius 2 is 1.73 bits per heavy atom. The molecule has 0 saturated carbocycles. The van der Waals surface area contributed by atoms with Crippen LogP contribution < -0.4 is 15.6 Å². The third-order valence-corrected chi connectivity index (χ3v) is 4.33. The monoisotopic (exact) mass is 368 g/mol. The molecule has 2 aromatic rings. The summed E-state index contributed by atoms with van der Waals surface area (Å²) in [6, 6.07) is 16.6. The van der Waals surface area contributed by atoms with Crippen LogP contribution in [0.4, 0.5) is 11.4 Å². The molecule has 0 heterocycles. The van der Waals surface area contributed by atoms with Crippen LogP contribution in [-0.4, -0.2) is 24.4 Å². The molecule has 0 saturated heterocycles. The zero-order valence-corrected chi connectivity index (χ0v) is 16.6. The summed E-state index contributed by atoms with van der Waals surface area (Å²) in [5.41, 5.74) is 7.39. The van der Waals surface area contributed by atoms with Crippen LogP contribution in [0.5, 0.6) is 0 Å². The highest BCUT2D eigenvalue weighted by molar-refractivity contribution is 7.80. The van der Waals surface area contributed by atoms with E-state index in [1.165, 1.54) is 11.3 Å². The average molecular weight is 369 g/mol. The van der Waals surface area contributed by atoms with E-state index in [1.807, 2.05) is 12.1 Å². The molecule has 2 N–H and O–H groups in total. The van der Waals surface area contributed by atoms with Crippen molar-refractivity contribution in [2.45, 2.75) is 33.6 Å². The Labute approximate surface area is 162 Å². The standard InChI is InChI=1S/C21H28N4S/c1-4-15-25(6-3)20-13-9-18(10-14-20)16-22-24-21(26)23-19-11-7-17(5-2)8-12-19/h7-14,16H,4-6,15H2,1-3H3,(H2,23,24,26). The van der Waals surface area contributed by atoms with Gasteiger partial charge in [0.1, 0.15) is 0 Å². The average Bonchev–Trinajstić information content (AvgIpc) is 2.67. The van der Waals surface area contributed by atoms with Crippen molar-refractivity contribution in [2.75, 3.05) is 23.3 Å². The van der Waals surface area contributed by atoms with Crippen LogP contribution in [0.2, 0.25) is 0 Å². The quantitative estimate of drug-likeness (QED) is 0.399. The van der Waals surface area contributed by atoms with Crippen molar-refractivity contribution < 1.29 is 0 Å². The first-order chi connectivity index (χ1) is 12.7. The first kappa shape index (κ1) is 19.9. The molecular formula is C21H28N4S. The summed E-state index contributed by atoms with van der Waals surface area (Å²) in [5, 5.41) is 7.81. The fourth-order valence-corrected chi connectivity index (χ4v) is 2.83. The van der Waals surface area contributed by atoms with Crippen molar-refractivity contribution in [3.8, 4) is 0 Å². The lowest BCUT2D eigenvalue weighted by Crippen LogP contribution is -2.24. The Morgan fingerprint density at radius 1 is 1.04 bits per heavy atom. The van der Waals surface area contributed by atoms with Gasteiger partial charge in [-0.1, -0.05) is 38.1 Å². The fraction of sp³-hybridized carbons (Fsp3) is 0.333. The molecule has 0 aliphatic carbocycles. The molecule has 0 atom stereocenters. The molecule has 0 fully saturated rings. The van der Waals surface area contributed by atoms with E-state index in [2.05, 4.69) is 77.9 Å². The topological polar surface area (TPSA) is 39.7 Å². The molecule has 5 heteroatoms. The second kappa shape index (κ2) is 10.6. The summed E-state index contributed by atoms with van der Waals surface area (Å²) >= 11 is 5.27. The molecule has 0 aliphatic heterocycles.